The standard InChI is InChI=1S/C16H26N2O4S/c1-10(2)16(11(3)4)18-23(20,21)13-7-8-15(22-6)14(9-13)17-12(5)19/h7-11,16,18H,1-6H3,(H,17,19). The topological polar surface area (TPSA) is 84.5 Å². The number of ether oxygens (including phenoxy) is 1. The Balaban J connectivity index is 3.20. The molecule has 7 heteroatoms. The molecular weight excluding hydrogens is 316 g/mol. The van der Waals surface area contributed by atoms with Crippen molar-refractivity contribution in [3.8, 4) is 5.75 Å². The van der Waals surface area contributed by atoms with Crippen molar-refractivity contribution in [2.24, 2.45) is 11.8 Å². The van der Waals surface area contributed by atoms with Crippen LogP contribution in [-0.2, 0) is 14.8 Å². The van der Waals surface area contributed by atoms with Crippen LogP contribution in [0.4, 0.5) is 5.69 Å². The Kier molecular flexibility index (Phi) is 6.58. The average Bonchev–Trinajstić information content (AvgIpc) is 2.43. The molecule has 0 bridgehead atoms. The monoisotopic (exact) mass is 342 g/mol. The van der Waals surface area contributed by atoms with Crippen LogP contribution in [0.3, 0.4) is 0 Å². The first-order valence-electron chi connectivity index (χ1n) is 7.56. The van der Waals surface area contributed by atoms with E-state index in [1.54, 1.807) is 0 Å². The molecule has 0 atom stereocenters. The molecule has 1 aromatic rings. The van der Waals surface area contributed by atoms with Crippen molar-refractivity contribution < 1.29 is 17.9 Å². The van der Waals surface area contributed by atoms with Gasteiger partial charge in [0.1, 0.15) is 5.75 Å². The fraction of sp³-hybridized carbons (Fsp3) is 0.562. The molecule has 0 aliphatic carbocycles. The van der Waals surface area contributed by atoms with E-state index >= 15 is 0 Å². The molecule has 0 saturated carbocycles. The zero-order valence-corrected chi connectivity index (χ0v) is 15.3. The molecule has 23 heavy (non-hydrogen) atoms. The van der Waals surface area contributed by atoms with E-state index in [0.29, 0.717) is 11.4 Å². The zero-order chi connectivity index (χ0) is 17.8. The number of amides is 1. The summed E-state index contributed by atoms with van der Waals surface area (Å²) in [5.41, 5.74) is 0.327. The van der Waals surface area contributed by atoms with Crippen LogP contribution in [-0.4, -0.2) is 27.5 Å². The molecular formula is C16H26N2O4S. The van der Waals surface area contributed by atoms with Gasteiger partial charge in [0.2, 0.25) is 15.9 Å². The van der Waals surface area contributed by atoms with Gasteiger partial charge in [-0.25, -0.2) is 13.1 Å². The summed E-state index contributed by atoms with van der Waals surface area (Å²) in [7, 11) is -2.23. The van der Waals surface area contributed by atoms with Crippen LogP contribution in [0.15, 0.2) is 23.1 Å². The largest absolute Gasteiger partial charge is 0.495 e. The van der Waals surface area contributed by atoms with E-state index in [9.17, 15) is 13.2 Å². The zero-order valence-electron chi connectivity index (χ0n) is 14.5. The molecule has 1 aromatic carbocycles. The highest BCUT2D eigenvalue weighted by Gasteiger charge is 2.25. The van der Waals surface area contributed by atoms with Gasteiger partial charge in [-0.2, -0.15) is 0 Å². The maximum atomic E-state index is 12.6. The summed E-state index contributed by atoms with van der Waals surface area (Å²) >= 11 is 0. The van der Waals surface area contributed by atoms with Gasteiger partial charge in [-0.05, 0) is 30.0 Å². The Labute approximate surface area is 138 Å². The highest BCUT2D eigenvalue weighted by Crippen LogP contribution is 2.28. The number of nitrogens with one attached hydrogen (secondary N) is 2. The number of hydrogen-bond donors (Lipinski definition) is 2. The molecule has 1 amide bonds. The summed E-state index contributed by atoms with van der Waals surface area (Å²) in [6.45, 7) is 9.26. The molecule has 2 N–H and O–H groups in total. The maximum absolute atomic E-state index is 12.6. The second kappa shape index (κ2) is 7.79. The first-order chi connectivity index (χ1) is 10.6. The van der Waals surface area contributed by atoms with E-state index in [1.165, 1.54) is 32.2 Å². The molecule has 0 saturated heterocycles. The molecule has 1 rings (SSSR count). The fourth-order valence-electron chi connectivity index (χ4n) is 2.43. The summed E-state index contributed by atoms with van der Waals surface area (Å²) in [6.07, 6.45) is 0. The lowest BCUT2D eigenvalue weighted by atomic mass is 9.94. The van der Waals surface area contributed by atoms with Crippen LogP contribution in [0.2, 0.25) is 0 Å². The lowest BCUT2D eigenvalue weighted by Gasteiger charge is -2.26. The summed E-state index contributed by atoms with van der Waals surface area (Å²) in [5.74, 6) is 0.437. The summed E-state index contributed by atoms with van der Waals surface area (Å²) < 4.78 is 33.1. The lowest BCUT2D eigenvalue weighted by molar-refractivity contribution is -0.114. The molecule has 0 fully saturated rings. The van der Waals surface area contributed by atoms with Gasteiger partial charge in [-0.3, -0.25) is 4.79 Å². The van der Waals surface area contributed by atoms with Gasteiger partial charge in [0.05, 0.1) is 17.7 Å². The van der Waals surface area contributed by atoms with E-state index in [-0.39, 0.29) is 28.7 Å². The third-order valence-corrected chi connectivity index (χ3v) is 4.98. The van der Waals surface area contributed by atoms with Crippen LogP contribution in [0, 0.1) is 11.8 Å². The SMILES string of the molecule is COc1ccc(S(=O)(=O)NC(C(C)C)C(C)C)cc1NC(C)=O. The number of sulfonamides is 1. The number of methoxy groups -OCH3 is 1. The van der Waals surface area contributed by atoms with Crippen LogP contribution >= 0.6 is 0 Å². The van der Waals surface area contributed by atoms with E-state index in [2.05, 4.69) is 10.0 Å². The highest BCUT2D eigenvalue weighted by atomic mass is 32.2. The van der Waals surface area contributed by atoms with Gasteiger partial charge in [0.15, 0.2) is 0 Å². The third-order valence-electron chi connectivity index (χ3n) is 3.52. The van der Waals surface area contributed by atoms with Crippen molar-refractivity contribution in [2.45, 2.75) is 45.6 Å². The van der Waals surface area contributed by atoms with Gasteiger partial charge in [0.25, 0.3) is 0 Å². The Morgan fingerprint density at radius 3 is 2.13 bits per heavy atom. The summed E-state index contributed by atoms with van der Waals surface area (Å²) in [6, 6.07) is 4.22. The minimum absolute atomic E-state index is 0.0911. The molecule has 6 nitrogen and oxygen atoms in total. The number of carbonyl (C=O) groups is 1. The highest BCUT2D eigenvalue weighted by molar-refractivity contribution is 7.89. The van der Waals surface area contributed by atoms with Gasteiger partial charge in [-0.15, -0.1) is 0 Å². The van der Waals surface area contributed by atoms with Crippen LogP contribution < -0.4 is 14.8 Å². The Hall–Kier alpha value is -1.60. The van der Waals surface area contributed by atoms with Crippen molar-refractivity contribution in [2.75, 3.05) is 12.4 Å². The van der Waals surface area contributed by atoms with Gasteiger partial charge in [0, 0.05) is 13.0 Å². The van der Waals surface area contributed by atoms with E-state index < -0.39 is 10.0 Å². The van der Waals surface area contributed by atoms with Crippen molar-refractivity contribution >= 4 is 21.6 Å². The average molecular weight is 342 g/mol. The molecule has 0 heterocycles. The molecule has 0 aliphatic heterocycles. The van der Waals surface area contributed by atoms with Crippen molar-refractivity contribution in [1.82, 2.24) is 4.72 Å². The Morgan fingerprint density at radius 2 is 1.70 bits per heavy atom. The quantitative estimate of drug-likeness (QED) is 0.798. The van der Waals surface area contributed by atoms with Crippen molar-refractivity contribution in [3.05, 3.63) is 18.2 Å². The van der Waals surface area contributed by atoms with Crippen molar-refractivity contribution in [1.29, 1.82) is 0 Å². The molecule has 0 aliphatic rings. The fourth-order valence-corrected chi connectivity index (χ4v) is 3.99. The lowest BCUT2D eigenvalue weighted by Crippen LogP contribution is -2.42. The number of hydrogen-bond acceptors (Lipinski definition) is 4. The number of rotatable bonds is 7. The molecule has 0 spiro atoms. The predicted octanol–water partition coefficient (Wildman–Crippen LogP) is 2.61. The molecule has 0 unspecified atom stereocenters. The predicted molar refractivity (Wildman–Crippen MR) is 91.1 cm³/mol. The van der Waals surface area contributed by atoms with Gasteiger partial charge < -0.3 is 10.1 Å². The first-order valence-corrected chi connectivity index (χ1v) is 9.04. The van der Waals surface area contributed by atoms with Crippen molar-refractivity contribution in [3.63, 3.8) is 0 Å². The van der Waals surface area contributed by atoms with E-state index in [4.69, 9.17) is 4.74 Å². The minimum atomic E-state index is -3.69. The molecule has 130 valence electrons. The van der Waals surface area contributed by atoms with Crippen LogP contribution in [0.5, 0.6) is 5.75 Å². The minimum Gasteiger partial charge on any atom is -0.495 e. The second-order valence-corrected chi connectivity index (χ2v) is 7.89. The maximum Gasteiger partial charge on any atom is 0.240 e. The van der Waals surface area contributed by atoms with E-state index in [0.717, 1.165) is 0 Å². The molecule has 0 aromatic heterocycles. The van der Waals surface area contributed by atoms with Gasteiger partial charge >= 0.3 is 0 Å². The van der Waals surface area contributed by atoms with Crippen LogP contribution in [0.1, 0.15) is 34.6 Å². The smallest absolute Gasteiger partial charge is 0.240 e. The second-order valence-electron chi connectivity index (χ2n) is 6.18. The van der Waals surface area contributed by atoms with Crippen LogP contribution in [0.25, 0.3) is 0 Å². The summed E-state index contributed by atoms with van der Waals surface area (Å²) in [5, 5.41) is 2.58. The first kappa shape index (κ1) is 19.4. The number of anilines is 1. The number of carbonyl (C=O) groups excluding carboxylic acids is 1. The van der Waals surface area contributed by atoms with E-state index in [1.807, 2.05) is 27.7 Å². The Bertz CT molecular complexity index is 646. The third kappa shape index (κ3) is 5.21. The normalized spacial score (nSPS) is 12.0. The van der Waals surface area contributed by atoms with Gasteiger partial charge in [-0.1, -0.05) is 27.7 Å². The molecule has 0 radical (unpaired) electrons. The Morgan fingerprint density at radius 1 is 1.13 bits per heavy atom. The number of benzene rings is 1. The summed E-state index contributed by atoms with van der Waals surface area (Å²) in [4.78, 5) is 11.4.